The first kappa shape index (κ1) is 15.2. The molecule has 0 unspecified atom stereocenters. The maximum Gasteiger partial charge on any atom is 0.231 e. The number of nitrogens with zero attached hydrogens (tertiary/aromatic N) is 2. The van der Waals surface area contributed by atoms with Gasteiger partial charge in [-0.3, -0.25) is 0 Å². The number of benzene rings is 2. The molecule has 2 aromatic carbocycles. The number of aromatic amines is 1. The Morgan fingerprint density at radius 2 is 1.81 bits per heavy atom. The monoisotopic (exact) mass is 361 g/mol. The van der Waals surface area contributed by atoms with Crippen molar-refractivity contribution in [1.29, 1.82) is 0 Å². The van der Waals surface area contributed by atoms with E-state index >= 15 is 0 Å². The van der Waals surface area contributed by atoms with Crippen LogP contribution in [0.2, 0.25) is 0 Å². The molecular formula is C20H15N3O2S. The summed E-state index contributed by atoms with van der Waals surface area (Å²) in [6.07, 6.45) is 0. The Labute approximate surface area is 154 Å². The lowest BCUT2D eigenvalue weighted by Crippen LogP contribution is -1.92. The van der Waals surface area contributed by atoms with Crippen molar-refractivity contribution in [3.63, 3.8) is 0 Å². The Morgan fingerprint density at radius 3 is 2.69 bits per heavy atom. The molecule has 5 rings (SSSR count). The van der Waals surface area contributed by atoms with Gasteiger partial charge in [0.2, 0.25) is 6.79 Å². The molecule has 0 bridgehead atoms. The van der Waals surface area contributed by atoms with E-state index in [2.05, 4.69) is 17.1 Å². The molecule has 0 atom stereocenters. The Hall–Kier alpha value is -3.12. The summed E-state index contributed by atoms with van der Waals surface area (Å²) < 4.78 is 10.8. The number of hydrogen-bond donors (Lipinski definition) is 1. The summed E-state index contributed by atoms with van der Waals surface area (Å²) in [4.78, 5) is 12.9. The molecule has 0 amide bonds. The Bertz CT molecular complexity index is 1090. The first-order valence-corrected chi connectivity index (χ1v) is 9.14. The predicted molar refractivity (Wildman–Crippen MR) is 101 cm³/mol. The molecule has 26 heavy (non-hydrogen) atoms. The van der Waals surface area contributed by atoms with E-state index in [0.717, 1.165) is 50.5 Å². The molecule has 0 aliphatic carbocycles. The average Bonchev–Trinajstić information content (AvgIpc) is 3.40. The summed E-state index contributed by atoms with van der Waals surface area (Å²) in [5.74, 6) is 2.32. The molecule has 0 spiro atoms. The summed E-state index contributed by atoms with van der Waals surface area (Å²) in [6.45, 7) is 2.31. The Balaban J connectivity index is 1.49. The molecule has 5 nitrogen and oxygen atoms in total. The van der Waals surface area contributed by atoms with Gasteiger partial charge in [-0.2, -0.15) is 0 Å². The summed E-state index contributed by atoms with van der Waals surface area (Å²) in [5, 5.41) is 2.95. The second kappa shape index (κ2) is 6.00. The van der Waals surface area contributed by atoms with E-state index in [-0.39, 0.29) is 6.79 Å². The van der Waals surface area contributed by atoms with Gasteiger partial charge in [-0.1, -0.05) is 30.3 Å². The topological polar surface area (TPSA) is 60.0 Å². The fourth-order valence-electron chi connectivity index (χ4n) is 3.00. The maximum atomic E-state index is 5.46. The summed E-state index contributed by atoms with van der Waals surface area (Å²) in [7, 11) is 0. The van der Waals surface area contributed by atoms with Crippen molar-refractivity contribution in [2.75, 3.05) is 6.79 Å². The highest BCUT2D eigenvalue weighted by Crippen LogP contribution is 2.37. The van der Waals surface area contributed by atoms with Crippen molar-refractivity contribution < 1.29 is 9.47 Å². The number of thiazole rings is 1. The Kier molecular flexibility index (Phi) is 3.50. The standard InChI is InChI=1S/C20H15N3O2S/c1-12-18(13-5-3-2-4-6-13)23-19(21-12)15-10-26-20(22-15)14-7-8-16-17(9-14)25-11-24-16/h2-10H,11H2,1H3,(H,21,23). The fraction of sp³-hybridized carbons (Fsp3) is 0.100. The van der Waals surface area contributed by atoms with Gasteiger partial charge in [0, 0.05) is 22.2 Å². The van der Waals surface area contributed by atoms with E-state index in [0.29, 0.717) is 0 Å². The van der Waals surface area contributed by atoms with Crippen molar-refractivity contribution >= 4 is 11.3 Å². The smallest absolute Gasteiger partial charge is 0.231 e. The lowest BCUT2D eigenvalue weighted by atomic mass is 10.1. The number of nitrogens with one attached hydrogen (secondary N) is 1. The molecule has 0 fully saturated rings. The van der Waals surface area contributed by atoms with E-state index in [1.807, 2.05) is 48.7 Å². The fourth-order valence-corrected chi connectivity index (χ4v) is 3.81. The second-order valence-corrected chi connectivity index (χ2v) is 6.89. The number of rotatable bonds is 3. The third-order valence-corrected chi connectivity index (χ3v) is 5.19. The van der Waals surface area contributed by atoms with Crippen molar-refractivity contribution in [2.24, 2.45) is 0 Å². The minimum Gasteiger partial charge on any atom is -0.454 e. The highest BCUT2D eigenvalue weighted by atomic mass is 32.1. The largest absolute Gasteiger partial charge is 0.454 e. The molecule has 6 heteroatoms. The third-order valence-electron chi connectivity index (χ3n) is 4.30. The minimum absolute atomic E-state index is 0.274. The number of aromatic nitrogens is 3. The summed E-state index contributed by atoms with van der Waals surface area (Å²) in [6, 6.07) is 16.0. The molecule has 0 radical (unpaired) electrons. The van der Waals surface area contributed by atoms with Gasteiger partial charge in [-0.05, 0) is 25.1 Å². The highest BCUT2D eigenvalue weighted by Gasteiger charge is 2.17. The van der Waals surface area contributed by atoms with Gasteiger partial charge in [0.15, 0.2) is 17.3 Å². The first-order valence-electron chi connectivity index (χ1n) is 8.26. The van der Waals surface area contributed by atoms with Crippen molar-refractivity contribution in [3.05, 3.63) is 59.6 Å². The molecule has 1 N–H and O–H groups in total. The van der Waals surface area contributed by atoms with E-state index in [1.54, 1.807) is 11.3 Å². The first-order chi connectivity index (χ1) is 12.8. The molecule has 0 saturated carbocycles. The number of aryl methyl sites for hydroxylation is 1. The lowest BCUT2D eigenvalue weighted by Gasteiger charge is -1.99. The van der Waals surface area contributed by atoms with Crippen molar-refractivity contribution in [1.82, 2.24) is 15.0 Å². The zero-order valence-electron chi connectivity index (χ0n) is 14.0. The van der Waals surface area contributed by atoms with E-state index < -0.39 is 0 Å². The molecule has 2 aromatic heterocycles. The van der Waals surface area contributed by atoms with Gasteiger partial charge in [0.05, 0.1) is 5.69 Å². The average molecular weight is 361 g/mol. The van der Waals surface area contributed by atoms with Crippen molar-refractivity contribution in [2.45, 2.75) is 6.92 Å². The SMILES string of the molecule is Cc1[nH]c(-c2csc(-c3ccc4c(c3)OCO4)n2)nc1-c1ccccc1. The molecule has 4 aromatic rings. The van der Waals surface area contributed by atoms with Crippen LogP contribution in [0.4, 0.5) is 0 Å². The van der Waals surface area contributed by atoms with Gasteiger partial charge >= 0.3 is 0 Å². The van der Waals surface area contributed by atoms with Crippen LogP contribution in [0, 0.1) is 6.92 Å². The summed E-state index contributed by atoms with van der Waals surface area (Å²) >= 11 is 1.59. The second-order valence-electron chi connectivity index (χ2n) is 6.03. The maximum absolute atomic E-state index is 5.46. The lowest BCUT2D eigenvalue weighted by molar-refractivity contribution is 0.174. The molecule has 0 saturated heterocycles. The van der Waals surface area contributed by atoms with Crippen LogP contribution in [0.25, 0.3) is 33.3 Å². The number of H-pyrrole nitrogens is 1. The summed E-state index contributed by atoms with van der Waals surface area (Å²) in [5.41, 5.74) is 4.94. The zero-order valence-corrected chi connectivity index (χ0v) is 14.8. The molecular weight excluding hydrogens is 346 g/mol. The van der Waals surface area contributed by atoms with Gasteiger partial charge in [-0.15, -0.1) is 11.3 Å². The van der Waals surface area contributed by atoms with E-state index in [1.165, 1.54) is 0 Å². The van der Waals surface area contributed by atoms with Crippen LogP contribution in [-0.4, -0.2) is 21.7 Å². The molecule has 1 aliphatic rings. The third kappa shape index (κ3) is 2.55. The van der Waals surface area contributed by atoms with Crippen LogP contribution in [0.1, 0.15) is 5.69 Å². The number of imidazole rings is 1. The predicted octanol–water partition coefficient (Wildman–Crippen LogP) is 4.90. The van der Waals surface area contributed by atoms with Gasteiger partial charge in [0.25, 0.3) is 0 Å². The minimum atomic E-state index is 0.274. The van der Waals surface area contributed by atoms with Crippen LogP contribution in [0.15, 0.2) is 53.9 Å². The van der Waals surface area contributed by atoms with E-state index in [9.17, 15) is 0 Å². The normalized spacial score (nSPS) is 12.5. The van der Waals surface area contributed by atoms with Crippen LogP contribution in [0.3, 0.4) is 0 Å². The quantitative estimate of drug-likeness (QED) is 0.563. The van der Waals surface area contributed by atoms with Gasteiger partial charge < -0.3 is 14.5 Å². The molecule has 1 aliphatic heterocycles. The number of ether oxygens (including phenoxy) is 2. The van der Waals surface area contributed by atoms with Crippen molar-refractivity contribution in [3.8, 4) is 44.8 Å². The Morgan fingerprint density at radius 1 is 0.962 bits per heavy atom. The van der Waals surface area contributed by atoms with Crippen LogP contribution < -0.4 is 9.47 Å². The van der Waals surface area contributed by atoms with Crippen LogP contribution in [-0.2, 0) is 0 Å². The van der Waals surface area contributed by atoms with Crippen LogP contribution in [0.5, 0.6) is 11.5 Å². The van der Waals surface area contributed by atoms with E-state index in [4.69, 9.17) is 19.4 Å². The van der Waals surface area contributed by atoms with Gasteiger partial charge in [0.1, 0.15) is 10.7 Å². The number of hydrogen-bond acceptors (Lipinski definition) is 5. The highest BCUT2D eigenvalue weighted by molar-refractivity contribution is 7.13. The van der Waals surface area contributed by atoms with Gasteiger partial charge in [-0.25, -0.2) is 9.97 Å². The van der Waals surface area contributed by atoms with Crippen LogP contribution >= 0.6 is 11.3 Å². The zero-order chi connectivity index (χ0) is 17.5. The molecule has 3 heterocycles. The number of fused-ring (bicyclic) bond motifs is 1. The molecule has 128 valence electrons.